The SMILES string of the molecule is CCCOc1ncc(CC)cc1-c1nc2c(CC)n(C3(C(C)C)CNC3)nc2c(=O)[nH]1. The van der Waals surface area contributed by atoms with Gasteiger partial charge in [0, 0.05) is 19.3 Å². The Morgan fingerprint density at radius 3 is 2.55 bits per heavy atom. The van der Waals surface area contributed by atoms with Gasteiger partial charge in [0.15, 0.2) is 5.52 Å². The third kappa shape index (κ3) is 3.52. The van der Waals surface area contributed by atoms with Gasteiger partial charge in [-0.2, -0.15) is 5.10 Å². The molecule has 0 saturated carbocycles. The van der Waals surface area contributed by atoms with Crippen molar-refractivity contribution in [3.63, 3.8) is 0 Å². The summed E-state index contributed by atoms with van der Waals surface area (Å²) < 4.78 is 7.92. The molecule has 8 nitrogen and oxygen atoms in total. The number of nitrogens with one attached hydrogen (secondary N) is 2. The van der Waals surface area contributed by atoms with E-state index in [0.717, 1.165) is 43.6 Å². The van der Waals surface area contributed by atoms with Crippen molar-refractivity contribution in [2.45, 2.75) is 59.4 Å². The molecule has 0 unspecified atom stereocenters. The van der Waals surface area contributed by atoms with E-state index in [-0.39, 0.29) is 11.1 Å². The number of fused-ring (bicyclic) bond motifs is 1. The number of rotatable bonds is 8. The Morgan fingerprint density at radius 2 is 1.97 bits per heavy atom. The first-order valence-corrected chi connectivity index (χ1v) is 11.3. The maximum atomic E-state index is 13.1. The van der Waals surface area contributed by atoms with Crippen LogP contribution in [0, 0.1) is 5.92 Å². The molecule has 166 valence electrons. The van der Waals surface area contributed by atoms with Gasteiger partial charge in [-0.15, -0.1) is 0 Å². The molecule has 2 N–H and O–H groups in total. The molecule has 1 aliphatic rings. The molecule has 31 heavy (non-hydrogen) atoms. The van der Waals surface area contributed by atoms with Crippen molar-refractivity contribution in [1.29, 1.82) is 0 Å². The Bertz CT molecular complexity index is 1140. The number of aromatic nitrogens is 5. The third-order valence-corrected chi connectivity index (χ3v) is 6.33. The summed E-state index contributed by atoms with van der Waals surface area (Å²) in [5, 5.41) is 8.14. The molecule has 4 heterocycles. The maximum absolute atomic E-state index is 13.1. The van der Waals surface area contributed by atoms with Gasteiger partial charge in [0.2, 0.25) is 5.88 Å². The van der Waals surface area contributed by atoms with Crippen LogP contribution in [-0.4, -0.2) is 44.4 Å². The predicted octanol–water partition coefficient (Wildman–Crippen LogP) is 3.05. The molecule has 0 aromatic carbocycles. The Morgan fingerprint density at radius 1 is 1.19 bits per heavy atom. The first kappa shape index (κ1) is 21.5. The summed E-state index contributed by atoms with van der Waals surface area (Å²) in [5.74, 6) is 1.35. The summed E-state index contributed by atoms with van der Waals surface area (Å²) in [7, 11) is 0. The molecule has 4 rings (SSSR count). The maximum Gasteiger partial charge on any atom is 0.279 e. The first-order chi connectivity index (χ1) is 14.9. The second kappa shape index (κ2) is 8.42. The largest absolute Gasteiger partial charge is 0.477 e. The van der Waals surface area contributed by atoms with Crippen molar-refractivity contribution < 1.29 is 4.74 Å². The Labute approximate surface area is 182 Å². The van der Waals surface area contributed by atoms with Gasteiger partial charge in [-0.1, -0.05) is 34.6 Å². The van der Waals surface area contributed by atoms with Crippen LogP contribution in [0.25, 0.3) is 22.4 Å². The van der Waals surface area contributed by atoms with Crippen LogP contribution in [-0.2, 0) is 18.4 Å². The van der Waals surface area contributed by atoms with Crippen molar-refractivity contribution in [2.75, 3.05) is 19.7 Å². The number of hydrogen-bond donors (Lipinski definition) is 2. The van der Waals surface area contributed by atoms with Gasteiger partial charge in [-0.3, -0.25) is 9.48 Å². The molecular formula is C23H32N6O2. The third-order valence-electron chi connectivity index (χ3n) is 6.33. The van der Waals surface area contributed by atoms with Gasteiger partial charge < -0.3 is 15.0 Å². The van der Waals surface area contributed by atoms with Crippen LogP contribution < -0.4 is 15.6 Å². The van der Waals surface area contributed by atoms with Crippen LogP contribution in [0.2, 0.25) is 0 Å². The Balaban J connectivity index is 1.92. The van der Waals surface area contributed by atoms with Crippen LogP contribution in [0.15, 0.2) is 17.1 Å². The molecular weight excluding hydrogens is 392 g/mol. The van der Waals surface area contributed by atoms with Crippen molar-refractivity contribution >= 4 is 11.0 Å². The fourth-order valence-corrected chi connectivity index (χ4v) is 4.19. The van der Waals surface area contributed by atoms with E-state index in [1.165, 1.54) is 0 Å². The van der Waals surface area contributed by atoms with E-state index in [9.17, 15) is 4.79 Å². The molecule has 3 aromatic heterocycles. The summed E-state index contributed by atoms with van der Waals surface area (Å²) in [4.78, 5) is 25.4. The van der Waals surface area contributed by atoms with E-state index in [0.29, 0.717) is 40.8 Å². The van der Waals surface area contributed by atoms with Gasteiger partial charge in [-0.05, 0) is 36.8 Å². The fourth-order valence-electron chi connectivity index (χ4n) is 4.19. The van der Waals surface area contributed by atoms with Crippen molar-refractivity contribution in [2.24, 2.45) is 5.92 Å². The van der Waals surface area contributed by atoms with Crippen LogP contribution in [0.4, 0.5) is 0 Å². The predicted molar refractivity (Wildman–Crippen MR) is 122 cm³/mol. The summed E-state index contributed by atoms with van der Waals surface area (Å²) in [6.07, 6.45) is 4.27. The second-order valence-electron chi connectivity index (χ2n) is 8.58. The van der Waals surface area contributed by atoms with E-state index in [1.807, 2.05) is 19.2 Å². The lowest BCUT2D eigenvalue weighted by molar-refractivity contribution is 0.0911. The highest BCUT2D eigenvalue weighted by molar-refractivity contribution is 5.79. The highest BCUT2D eigenvalue weighted by Gasteiger charge is 2.44. The van der Waals surface area contributed by atoms with Crippen molar-refractivity contribution in [3.8, 4) is 17.3 Å². The average molecular weight is 425 g/mol. The van der Waals surface area contributed by atoms with Gasteiger partial charge in [-0.25, -0.2) is 9.97 Å². The molecule has 0 radical (unpaired) electrons. The highest BCUT2D eigenvalue weighted by atomic mass is 16.5. The molecule has 1 saturated heterocycles. The number of aromatic amines is 1. The number of aryl methyl sites for hydroxylation is 2. The van der Waals surface area contributed by atoms with E-state index < -0.39 is 0 Å². The summed E-state index contributed by atoms with van der Waals surface area (Å²) in [6, 6.07) is 2.00. The second-order valence-corrected chi connectivity index (χ2v) is 8.58. The van der Waals surface area contributed by atoms with E-state index >= 15 is 0 Å². The number of pyridine rings is 1. The van der Waals surface area contributed by atoms with Crippen LogP contribution in [0.5, 0.6) is 5.88 Å². The minimum Gasteiger partial charge on any atom is -0.477 e. The lowest BCUT2D eigenvalue weighted by Crippen LogP contribution is -2.64. The average Bonchev–Trinajstić information content (AvgIpc) is 3.10. The smallest absolute Gasteiger partial charge is 0.279 e. The van der Waals surface area contributed by atoms with Gasteiger partial charge >= 0.3 is 0 Å². The minimum absolute atomic E-state index is 0.127. The number of H-pyrrole nitrogens is 1. The molecule has 0 amide bonds. The van der Waals surface area contributed by atoms with E-state index in [4.69, 9.17) is 14.8 Å². The number of ether oxygens (including phenoxy) is 1. The van der Waals surface area contributed by atoms with Crippen LogP contribution in [0.1, 0.15) is 52.3 Å². The molecule has 8 heteroatoms. The zero-order chi connectivity index (χ0) is 22.2. The molecule has 0 aliphatic carbocycles. The Kier molecular flexibility index (Phi) is 5.83. The standard InChI is InChI=1S/C23H32N6O2/c1-6-9-31-22-16(10-15(7-2)11-25-22)20-26-18-17(8-3)29(28-19(18)21(30)27-20)23(14(4)5)12-24-13-23/h10-11,14,24H,6-9,12-13H2,1-5H3,(H,26,27,30). The molecule has 0 atom stereocenters. The highest BCUT2D eigenvalue weighted by Crippen LogP contribution is 2.34. The summed E-state index contributed by atoms with van der Waals surface area (Å²) in [5.41, 5.74) is 3.46. The number of hydrogen-bond acceptors (Lipinski definition) is 6. The summed E-state index contributed by atoms with van der Waals surface area (Å²) in [6.45, 7) is 12.9. The quantitative estimate of drug-likeness (QED) is 0.577. The van der Waals surface area contributed by atoms with Crippen molar-refractivity contribution in [3.05, 3.63) is 33.9 Å². The first-order valence-electron chi connectivity index (χ1n) is 11.3. The fraction of sp³-hybridized carbons (Fsp3) is 0.565. The van der Waals surface area contributed by atoms with Gasteiger partial charge in [0.05, 0.1) is 23.4 Å². The molecule has 0 bridgehead atoms. The van der Waals surface area contributed by atoms with Crippen molar-refractivity contribution in [1.82, 2.24) is 30.0 Å². The topological polar surface area (TPSA) is 97.7 Å². The zero-order valence-corrected chi connectivity index (χ0v) is 19.1. The monoisotopic (exact) mass is 424 g/mol. The Hall–Kier alpha value is -2.74. The van der Waals surface area contributed by atoms with Crippen LogP contribution >= 0.6 is 0 Å². The minimum atomic E-state index is -0.233. The summed E-state index contributed by atoms with van der Waals surface area (Å²) >= 11 is 0. The normalized spacial score (nSPS) is 15.4. The zero-order valence-electron chi connectivity index (χ0n) is 19.1. The number of nitrogens with zero attached hydrogens (tertiary/aromatic N) is 4. The molecule has 3 aromatic rings. The van der Waals surface area contributed by atoms with E-state index in [2.05, 4.69) is 47.7 Å². The molecule has 0 spiro atoms. The van der Waals surface area contributed by atoms with Gasteiger partial charge in [0.1, 0.15) is 11.3 Å². The van der Waals surface area contributed by atoms with Gasteiger partial charge in [0.25, 0.3) is 5.56 Å². The van der Waals surface area contributed by atoms with Crippen LogP contribution in [0.3, 0.4) is 0 Å². The lowest BCUT2D eigenvalue weighted by Gasteiger charge is -2.46. The van der Waals surface area contributed by atoms with E-state index in [1.54, 1.807) is 0 Å². The molecule has 1 aliphatic heterocycles. The lowest BCUT2D eigenvalue weighted by atomic mass is 9.81. The molecule has 1 fully saturated rings.